The second-order valence-corrected chi connectivity index (χ2v) is 5.01. The summed E-state index contributed by atoms with van der Waals surface area (Å²) in [6, 6.07) is 12.7. The molecule has 0 aromatic heterocycles. The maximum Gasteiger partial charge on any atom is 0.126 e. The smallest absolute Gasteiger partial charge is 0.126 e. The molecule has 1 aliphatic rings. The fraction of sp³-hybridized carbons (Fsp3) is 0.294. The molecule has 0 atom stereocenters. The van der Waals surface area contributed by atoms with E-state index in [1.807, 2.05) is 12.1 Å². The van der Waals surface area contributed by atoms with Gasteiger partial charge in [0.15, 0.2) is 0 Å². The van der Waals surface area contributed by atoms with Crippen molar-refractivity contribution >= 4 is 0 Å². The molecule has 19 heavy (non-hydrogen) atoms. The van der Waals surface area contributed by atoms with Gasteiger partial charge in [0.05, 0.1) is 7.11 Å². The number of aryl methyl sites for hydroxylation is 1. The lowest BCUT2D eigenvalue weighted by Crippen LogP contribution is -2.25. The van der Waals surface area contributed by atoms with Crippen LogP contribution in [-0.2, 0) is 13.0 Å². The standard InChI is InChI=1S/C17H19NO/c1-12-7-8-13(14-9-10-18-11-16(12)14)15-5-3-4-6-17(15)19-2/h3-8,18H,9-11H2,1-2H3. The summed E-state index contributed by atoms with van der Waals surface area (Å²) < 4.78 is 5.51. The van der Waals surface area contributed by atoms with Crippen LogP contribution in [0, 0.1) is 6.92 Å². The summed E-state index contributed by atoms with van der Waals surface area (Å²) in [6.07, 6.45) is 1.09. The van der Waals surface area contributed by atoms with Gasteiger partial charge in [0.1, 0.15) is 5.75 Å². The summed E-state index contributed by atoms with van der Waals surface area (Å²) in [5.41, 5.74) is 6.82. The molecule has 0 amide bonds. The van der Waals surface area contributed by atoms with Crippen molar-refractivity contribution in [1.29, 1.82) is 0 Å². The highest BCUT2D eigenvalue weighted by Crippen LogP contribution is 2.35. The molecule has 0 saturated carbocycles. The fourth-order valence-corrected chi connectivity index (χ4v) is 2.89. The van der Waals surface area contributed by atoms with Gasteiger partial charge >= 0.3 is 0 Å². The first-order valence-corrected chi connectivity index (χ1v) is 6.76. The Labute approximate surface area is 114 Å². The molecule has 2 aromatic rings. The van der Waals surface area contributed by atoms with Gasteiger partial charge in [-0.25, -0.2) is 0 Å². The first-order chi connectivity index (χ1) is 9.31. The van der Waals surface area contributed by atoms with Crippen molar-refractivity contribution in [3.63, 3.8) is 0 Å². The summed E-state index contributed by atoms with van der Waals surface area (Å²) in [5.74, 6) is 0.951. The summed E-state index contributed by atoms with van der Waals surface area (Å²) in [7, 11) is 1.74. The summed E-state index contributed by atoms with van der Waals surface area (Å²) in [5, 5.41) is 3.46. The van der Waals surface area contributed by atoms with Gasteiger partial charge in [0, 0.05) is 12.1 Å². The van der Waals surface area contributed by atoms with E-state index in [-0.39, 0.29) is 0 Å². The van der Waals surface area contributed by atoms with Crippen molar-refractivity contribution in [1.82, 2.24) is 5.32 Å². The van der Waals surface area contributed by atoms with Crippen LogP contribution in [0.15, 0.2) is 36.4 Å². The van der Waals surface area contributed by atoms with Crippen molar-refractivity contribution in [2.24, 2.45) is 0 Å². The highest BCUT2D eigenvalue weighted by atomic mass is 16.5. The van der Waals surface area contributed by atoms with Gasteiger partial charge in [-0.05, 0) is 48.2 Å². The van der Waals surface area contributed by atoms with Crippen LogP contribution in [0.3, 0.4) is 0 Å². The Bertz CT molecular complexity index is 604. The Morgan fingerprint density at radius 1 is 1.00 bits per heavy atom. The zero-order valence-corrected chi connectivity index (χ0v) is 11.5. The first-order valence-electron chi connectivity index (χ1n) is 6.76. The predicted octanol–water partition coefficient (Wildman–Crippen LogP) is 3.32. The predicted molar refractivity (Wildman–Crippen MR) is 78.6 cm³/mol. The van der Waals surface area contributed by atoms with E-state index in [0.717, 1.165) is 25.3 Å². The number of nitrogens with one attached hydrogen (secondary N) is 1. The SMILES string of the molecule is COc1ccccc1-c1ccc(C)c2c1CCNC2. The van der Waals surface area contributed by atoms with Crippen LogP contribution in [-0.4, -0.2) is 13.7 Å². The monoisotopic (exact) mass is 253 g/mol. The van der Waals surface area contributed by atoms with Crippen LogP contribution >= 0.6 is 0 Å². The van der Waals surface area contributed by atoms with Crippen LogP contribution in [0.2, 0.25) is 0 Å². The molecule has 2 nitrogen and oxygen atoms in total. The van der Waals surface area contributed by atoms with Gasteiger partial charge in [0.2, 0.25) is 0 Å². The zero-order valence-electron chi connectivity index (χ0n) is 11.5. The van der Waals surface area contributed by atoms with Gasteiger partial charge in [-0.2, -0.15) is 0 Å². The van der Waals surface area contributed by atoms with Gasteiger partial charge in [-0.3, -0.25) is 0 Å². The Kier molecular flexibility index (Phi) is 3.26. The minimum atomic E-state index is 0.951. The zero-order chi connectivity index (χ0) is 13.2. The molecule has 3 rings (SSSR count). The summed E-state index contributed by atoms with van der Waals surface area (Å²) in [6.45, 7) is 4.22. The van der Waals surface area contributed by atoms with E-state index in [2.05, 4.69) is 36.5 Å². The number of rotatable bonds is 2. The number of ether oxygens (including phenoxy) is 1. The molecule has 98 valence electrons. The van der Waals surface area contributed by atoms with E-state index < -0.39 is 0 Å². The second-order valence-electron chi connectivity index (χ2n) is 5.01. The maximum atomic E-state index is 5.51. The van der Waals surface area contributed by atoms with Crippen molar-refractivity contribution in [2.45, 2.75) is 19.9 Å². The van der Waals surface area contributed by atoms with E-state index in [1.54, 1.807) is 7.11 Å². The van der Waals surface area contributed by atoms with E-state index in [4.69, 9.17) is 4.74 Å². The fourth-order valence-electron chi connectivity index (χ4n) is 2.89. The lowest BCUT2D eigenvalue weighted by Gasteiger charge is -2.23. The van der Waals surface area contributed by atoms with Crippen molar-refractivity contribution < 1.29 is 4.74 Å². The summed E-state index contributed by atoms with van der Waals surface area (Å²) in [4.78, 5) is 0. The lowest BCUT2D eigenvalue weighted by molar-refractivity contribution is 0.416. The van der Waals surface area contributed by atoms with Crippen molar-refractivity contribution in [3.8, 4) is 16.9 Å². The molecule has 0 fully saturated rings. The average Bonchev–Trinajstić information content (AvgIpc) is 2.48. The second kappa shape index (κ2) is 5.06. The molecular formula is C17H19NO. The van der Waals surface area contributed by atoms with Crippen LogP contribution in [0.5, 0.6) is 5.75 Å². The van der Waals surface area contributed by atoms with Gasteiger partial charge in [-0.15, -0.1) is 0 Å². The molecule has 2 aromatic carbocycles. The molecule has 1 N–H and O–H groups in total. The van der Waals surface area contributed by atoms with Crippen molar-refractivity contribution in [3.05, 3.63) is 53.1 Å². The third-order valence-corrected chi connectivity index (χ3v) is 3.92. The Morgan fingerprint density at radius 2 is 1.84 bits per heavy atom. The Balaban J connectivity index is 2.20. The van der Waals surface area contributed by atoms with Gasteiger partial charge in [-0.1, -0.05) is 30.3 Å². The average molecular weight is 253 g/mol. The minimum absolute atomic E-state index is 0.951. The molecular weight excluding hydrogens is 234 g/mol. The van der Waals surface area contributed by atoms with E-state index in [1.165, 1.54) is 27.8 Å². The first kappa shape index (κ1) is 12.2. The Morgan fingerprint density at radius 3 is 2.68 bits per heavy atom. The minimum Gasteiger partial charge on any atom is -0.496 e. The molecule has 0 spiro atoms. The number of fused-ring (bicyclic) bond motifs is 1. The number of hydrogen-bond donors (Lipinski definition) is 1. The molecule has 1 aliphatic heterocycles. The van der Waals surface area contributed by atoms with E-state index in [9.17, 15) is 0 Å². The number of methoxy groups -OCH3 is 1. The number of benzene rings is 2. The maximum absolute atomic E-state index is 5.51. The molecule has 1 heterocycles. The molecule has 0 bridgehead atoms. The molecule has 0 unspecified atom stereocenters. The van der Waals surface area contributed by atoms with Crippen LogP contribution in [0.25, 0.3) is 11.1 Å². The van der Waals surface area contributed by atoms with E-state index >= 15 is 0 Å². The summed E-state index contributed by atoms with van der Waals surface area (Å²) >= 11 is 0. The number of hydrogen-bond acceptors (Lipinski definition) is 2. The van der Waals surface area contributed by atoms with Gasteiger partial charge < -0.3 is 10.1 Å². The van der Waals surface area contributed by atoms with Crippen LogP contribution < -0.4 is 10.1 Å². The van der Waals surface area contributed by atoms with Gasteiger partial charge in [0.25, 0.3) is 0 Å². The molecule has 0 radical (unpaired) electrons. The lowest BCUT2D eigenvalue weighted by atomic mass is 9.88. The third-order valence-electron chi connectivity index (χ3n) is 3.92. The van der Waals surface area contributed by atoms with Crippen molar-refractivity contribution in [2.75, 3.05) is 13.7 Å². The molecule has 0 aliphatic carbocycles. The molecule has 0 saturated heterocycles. The quantitative estimate of drug-likeness (QED) is 0.886. The third kappa shape index (κ3) is 2.13. The Hall–Kier alpha value is -1.80. The highest BCUT2D eigenvalue weighted by Gasteiger charge is 2.17. The molecule has 2 heteroatoms. The normalized spacial score (nSPS) is 14.0. The van der Waals surface area contributed by atoms with Crippen LogP contribution in [0.1, 0.15) is 16.7 Å². The number of para-hydroxylation sites is 1. The highest BCUT2D eigenvalue weighted by molar-refractivity contribution is 5.75. The largest absolute Gasteiger partial charge is 0.496 e. The topological polar surface area (TPSA) is 21.3 Å². The van der Waals surface area contributed by atoms with E-state index in [0.29, 0.717) is 0 Å². The van der Waals surface area contributed by atoms with Crippen LogP contribution in [0.4, 0.5) is 0 Å².